The lowest BCUT2D eigenvalue weighted by molar-refractivity contribution is 0.0712. The lowest BCUT2D eigenvalue weighted by Gasteiger charge is -2.32. The first-order chi connectivity index (χ1) is 14.6. The average molecular weight is 399 g/mol. The second-order valence-corrected chi connectivity index (χ2v) is 7.49. The van der Waals surface area contributed by atoms with Crippen LogP contribution in [0.1, 0.15) is 33.4 Å². The van der Waals surface area contributed by atoms with Crippen molar-refractivity contribution in [3.05, 3.63) is 89.8 Å². The number of nitrogens with one attached hydrogen (secondary N) is 1. The predicted molar refractivity (Wildman–Crippen MR) is 112 cm³/mol. The molecule has 2 aromatic carbocycles. The molecule has 7 heteroatoms. The average Bonchev–Trinajstić information content (AvgIpc) is 3.39. The van der Waals surface area contributed by atoms with Crippen LogP contribution in [0.5, 0.6) is 5.75 Å². The number of aromatic nitrogens is 4. The number of aromatic hydroxyl groups is 1. The molecular weight excluding hydrogens is 378 g/mol. The summed E-state index contributed by atoms with van der Waals surface area (Å²) in [5.74, 6) is 0.755. The van der Waals surface area contributed by atoms with Gasteiger partial charge in [0.15, 0.2) is 0 Å². The molecule has 5 rings (SSSR count). The van der Waals surface area contributed by atoms with Crippen LogP contribution < -0.4 is 0 Å². The highest BCUT2D eigenvalue weighted by Gasteiger charge is 2.33. The van der Waals surface area contributed by atoms with Crippen LogP contribution in [-0.4, -0.2) is 42.0 Å². The molecule has 0 radical (unpaired) electrons. The Morgan fingerprint density at radius 1 is 1.13 bits per heavy atom. The molecule has 2 N–H and O–H groups in total. The van der Waals surface area contributed by atoms with E-state index in [1.807, 2.05) is 54.1 Å². The van der Waals surface area contributed by atoms with Gasteiger partial charge in [-0.2, -0.15) is 0 Å². The summed E-state index contributed by atoms with van der Waals surface area (Å²) in [6.45, 7) is 0.932. The summed E-state index contributed by atoms with van der Waals surface area (Å²) in [6.07, 6.45) is 3.29. The zero-order valence-electron chi connectivity index (χ0n) is 16.5. The molecule has 1 atom stereocenters. The van der Waals surface area contributed by atoms with Crippen molar-refractivity contribution in [2.45, 2.75) is 12.5 Å². The highest BCUT2D eigenvalue weighted by atomic mass is 16.3. The van der Waals surface area contributed by atoms with E-state index in [0.29, 0.717) is 18.8 Å². The fourth-order valence-corrected chi connectivity index (χ4v) is 4.11. The maximum absolute atomic E-state index is 13.4. The van der Waals surface area contributed by atoms with Gasteiger partial charge in [-0.05, 0) is 17.7 Å². The number of imidazole rings is 2. The monoisotopic (exact) mass is 399 g/mol. The molecule has 30 heavy (non-hydrogen) atoms. The standard InChI is InChI=1S/C23H21N5O2/c1-27-20(11-24-22(27)15-6-3-2-4-7-15)23(30)28-12-18(16-8-5-9-17(29)10-16)21-19(13-28)25-14-26-21/h2-11,14,18,29H,12-13H2,1H3,(H,25,26). The third kappa shape index (κ3) is 3.04. The third-order valence-corrected chi connectivity index (χ3v) is 5.63. The second kappa shape index (κ2) is 7.18. The smallest absolute Gasteiger partial charge is 0.272 e. The van der Waals surface area contributed by atoms with E-state index in [0.717, 1.165) is 28.3 Å². The number of carbonyl (C=O) groups excluding carboxylic acids is 1. The topological polar surface area (TPSA) is 87.0 Å². The minimum atomic E-state index is -0.113. The number of aromatic amines is 1. The van der Waals surface area contributed by atoms with Crippen molar-refractivity contribution >= 4 is 5.91 Å². The Balaban J connectivity index is 1.48. The van der Waals surface area contributed by atoms with Crippen molar-refractivity contribution < 1.29 is 9.90 Å². The minimum Gasteiger partial charge on any atom is -0.508 e. The molecule has 0 saturated heterocycles. The van der Waals surface area contributed by atoms with Crippen LogP contribution in [0.25, 0.3) is 11.4 Å². The SMILES string of the molecule is Cn1c(C(=O)N2Cc3[nH]cnc3C(c3cccc(O)c3)C2)cnc1-c1ccccc1. The van der Waals surface area contributed by atoms with Crippen molar-refractivity contribution in [2.24, 2.45) is 7.05 Å². The number of H-pyrrole nitrogens is 1. The predicted octanol–water partition coefficient (Wildman–Crippen LogP) is 3.30. The van der Waals surface area contributed by atoms with E-state index in [4.69, 9.17) is 0 Å². The van der Waals surface area contributed by atoms with Gasteiger partial charge in [0.2, 0.25) is 0 Å². The molecule has 0 aliphatic carbocycles. The molecular formula is C23H21N5O2. The molecule has 0 spiro atoms. The Kier molecular flexibility index (Phi) is 4.35. The highest BCUT2D eigenvalue weighted by molar-refractivity contribution is 5.93. The Morgan fingerprint density at radius 3 is 2.77 bits per heavy atom. The first-order valence-corrected chi connectivity index (χ1v) is 9.79. The molecule has 0 saturated carbocycles. The van der Waals surface area contributed by atoms with Crippen LogP contribution in [0.15, 0.2) is 67.1 Å². The van der Waals surface area contributed by atoms with E-state index in [9.17, 15) is 9.90 Å². The maximum atomic E-state index is 13.4. The Hall–Kier alpha value is -3.87. The number of hydrogen-bond acceptors (Lipinski definition) is 4. The van der Waals surface area contributed by atoms with E-state index in [1.54, 1.807) is 29.6 Å². The minimum absolute atomic E-state index is 0.0856. The van der Waals surface area contributed by atoms with Gasteiger partial charge in [0.1, 0.15) is 17.3 Å². The van der Waals surface area contributed by atoms with E-state index < -0.39 is 0 Å². The van der Waals surface area contributed by atoms with E-state index in [-0.39, 0.29) is 17.6 Å². The highest BCUT2D eigenvalue weighted by Crippen LogP contribution is 2.33. The largest absolute Gasteiger partial charge is 0.508 e. The van der Waals surface area contributed by atoms with E-state index in [1.165, 1.54) is 0 Å². The zero-order valence-corrected chi connectivity index (χ0v) is 16.5. The number of nitrogens with zero attached hydrogens (tertiary/aromatic N) is 4. The number of carbonyl (C=O) groups is 1. The van der Waals surface area contributed by atoms with Gasteiger partial charge in [0.05, 0.1) is 30.5 Å². The Bertz CT molecular complexity index is 1210. The van der Waals surface area contributed by atoms with Crippen molar-refractivity contribution in [1.82, 2.24) is 24.4 Å². The third-order valence-electron chi connectivity index (χ3n) is 5.63. The van der Waals surface area contributed by atoms with Gasteiger partial charge >= 0.3 is 0 Å². The van der Waals surface area contributed by atoms with Gasteiger partial charge in [-0.3, -0.25) is 4.79 Å². The van der Waals surface area contributed by atoms with Gasteiger partial charge < -0.3 is 19.6 Å². The summed E-state index contributed by atoms with van der Waals surface area (Å²) >= 11 is 0. The summed E-state index contributed by atoms with van der Waals surface area (Å²) < 4.78 is 1.84. The molecule has 0 bridgehead atoms. The quantitative estimate of drug-likeness (QED) is 0.553. The van der Waals surface area contributed by atoms with Crippen molar-refractivity contribution in [1.29, 1.82) is 0 Å². The van der Waals surface area contributed by atoms with Gasteiger partial charge in [0.25, 0.3) is 5.91 Å². The van der Waals surface area contributed by atoms with Crippen LogP contribution in [0.4, 0.5) is 0 Å². The number of fused-ring (bicyclic) bond motifs is 1. The molecule has 0 fully saturated rings. The molecule has 7 nitrogen and oxygen atoms in total. The summed E-state index contributed by atoms with van der Waals surface area (Å²) in [7, 11) is 1.86. The Morgan fingerprint density at radius 2 is 1.97 bits per heavy atom. The normalized spacial score (nSPS) is 15.8. The van der Waals surface area contributed by atoms with E-state index >= 15 is 0 Å². The molecule has 1 aliphatic heterocycles. The first-order valence-electron chi connectivity index (χ1n) is 9.79. The number of benzene rings is 2. The number of amides is 1. The van der Waals surface area contributed by atoms with Crippen molar-refractivity contribution in [3.63, 3.8) is 0 Å². The Labute approximate surface area is 173 Å². The molecule has 150 valence electrons. The van der Waals surface area contributed by atoms with Crippen molar-refractivity contribution in [3.8, 4) is 17.1 Å². The van der Waals surface area contributed by atoms with Crippen LogP contribution in [-0.2, 0) is 13.6 Å². The molecule has 2 aromatic heterocycles. The van der Waals surface area contributed by atoms with Crippen molar-refractivity contribution in [2.75, 3.05) is 6.54 Å². The molecule has 1 unspecified atom stereocenters. The van der Waals surface area contributed by atoms with Gasteiger partial charge in [0, 0.05) is 25.1 Å². The lowest BCUT2D eigenvalue weighted by atomic mass is 9.90. The van der Waals surface area contributed by atoms with Crippen LogP contribution in [0.2, 0.25) is 0 Å². The van der Waals surface area contributed by atoms with E-state index in [2.05, 4.69) is 15.0 Å². The van der Waals surface area contributed by atoms with Gasteiger partial charge in [-0.25, -0.2) is 9.97 Å². The fraction of sp³-hybridized carbons (Fsp3) is 0.174. The van der Waals surface area contributed by atoms with Gasteiger partial charge in [-0.1, -0.05) is 42.5 Å². The lowest BCUT2D eigenvalue weighted by Crippen LogP contribution is -2.39. The van der Waals surface area contributed by atoms with Crippen LogP contribution >= 0.6 is 0 Å². The van der Waals surface area contributed by atoms with Crippen LogP contribution in [0, 0.1) is 0 Å². The zero-order chi connectivity index (χ0) is 20.7. The first kappa shape index (κ1) is 18.2. The maximum Gasteiger partial charge on any atom is 0.272 e. The summed E-state index contributed by atoms with van der Waals surface area (Å²) in [6, 6.07) is 17.0. The number of phenols is 1. The fourth-order valence-electron chi connectivity index (χ4n) is 4.11. The van der Waals surface area contributed by atoms with Gasteiger partial charge in [-0.15, -0.1) is 0 Å². The molecule has 1 aliphatic rings. The van der Waals surface area contributed by atoms with Crippen LogP contribution in [0.3, 0.4) is 0 Å². The summed E-state index contributed by atoms with van der Waals surface area (Å²) in [5.41, 5.74) is 4.25. The summed E-state index contributed by atoms with van der Waals surface area (Å²) in [4.78, 5) is 27.4. The molecule has 1 amide bonds. The number of hydrogen-bond donors (Lipinski definition) is 2. The number of phenolic OH excluding ortho intramolecular Hbond substituents is 1. The second-order valence-electron chi connectivity index (χ2n) is 7.49. The molecule has 3 heterocycles. The summed E-state index contributed by atoms with van der Waals surface area (Å²) in [5, 5.41) is 9.92. The molecule has 4 aromatic rings. The number of rotatable bonds is 3.